The number of alkyl halides is 3. The van der Waals surface area contributed by atoms with Crippen LogP contribution in [0, 0.1) is 5.82 Å². The fraction of sp³-hybridized carbons (Fsp3) is 0.676. The largest absolute Gasteiger partial charge is 0.491 e. The molecule has 0 spiro atoms. The van der Waals surface area contributed by atoms with Gasteiger partial charge in [-0.2, -0.15) is 18.2 Å². The Kier molecular flexibility index (Phi) is 12.5. The summed E-state index contributed by atoms with van der Waals surface area (Å²) < 4.78 is 96.3. The molecule has 2 aliphatic heterocycles. The van der Waals surface area contributed by atoms with Gasteiger partial charge in [-0.05, 0) is 54.7 Å². The van der Waals surface area contributed by atoms with Crippen molar-refractivity contribution >= 4 is 45.0 Å². The third-order valence-electron chi connectivity index (χ3n) is 10.6. The minimum atomic E-state index is -4.43. The van der Waals surface area contributed by atoms with Gasteiger partial charge < -0.3 is 38.2 Å². The van der Waals surface area contributed by atoms with Crippen molar-refractivity contribution in [3.8, 4) is 11.8 Å². The first kappa shape index (κ1) is 42.1. The Morgan fingerprint density at radius 1 is 0.945 bits per heavy atom. The van der Waals surface area contributed by atoms with Gasteiger partial charge in [-0.1, -0.05) is 52.0 Å². The minimum absolute atomic E-state index is 0.0402. The summed E-state index contributed by atoms with van der Waals surface area (Å²) in [5, 5.41) is 3.67. The molecule has 4 heterocycles. The van der Waals surface area contributed by atoms with Crippen LogP contribution in [-0.4, -0.2) is 101 Å². The zero-order valence-electron chi connectivity index (χ0n) is 32.8. The van der Waals surface area contributed by atoms with E-state index in [2.05, 4.69) is 63.6 Å². The van der Waals surface area contributed by atoms with Gasteiger partial charge in [0.1, 0.15) is 55.1 Å². The van der Waals surface area contributed by atoms with Gasteiger partial charge in [0.15, 0.2) is 20.1 Å². The number of benzene rings is 1. The molecular weight excluding hydrogens is 780 g/mol. The van der Waals surface area contributed by atoms with Gasteiger partial charge in [0.25, 0.3) is 0 Å². The van der Waals surface area contributed by atoms with Gasteiger partial charge in [0.05, 0.1) is 37.0 Å². The quantitative estimate of drug-likeness (QED) is 0.0858. The van der Waals surface area contributed by atoms with Crippen molar-refractivity contribution < 1.29 is 50.4 Å². The molecule has 0 bridgehead atoms. The van der Waals surface area contributed by atoms with E-state index in [0.717, 1.165) is 11.6 Å². The molecule has 5 atom stereocenters. The van der Waals surface area contributed by atoms with Gasteiger partial charge in [-0.25, -0.2) is 9.37 Å². The predicted octanol–water partition coefficient (Wildman–Crippen LogP) is 8.53. The number of aromatic nitrogens is 3. The first-order valence-corrected chi connectivity index (χ1v) is 25.8. The molecule has 3 aliphatic rings. The molecule has 306 valence electrons. The average Bonchev–Trinajstić information content (AvgIpc) is 3.83. The molecule has 3 aromatic rings. The fourth-order valence-electron chi connectivity index (χ4n) is 6.66. The molecule has 2 unspecified atom stereocenters. The average molecular weight is 833 g/mol. The number of halogens is 5. The maximum atomic E-state index is 15.5. The van der Waals surface area contributed by atoms with Crippen LogP contribution in [0.3, 0.4) is 0 Å². The minimum Gasteiger partial charge on any atom is -0.491 e. The second-order valence-electron chi connectivity index (χ2n) is 17.2. The van der Waals surface area contributed by atoms with E-state index in [1.54, 1.807) is 16.7 Å². The first-order chi connectivity index (χ1) is 25.7. The Morgan fingerprint density at radius 2 is 1.65 bits per heavy atom. The number of rotatable bonds is 16. The molecule has 2 aromatic heterocycles. The molecule has 11 nitrogen and oxygen atoms in total. The lowest BCUT2D eigenvalue weighted by Crippen LogP contribution is -2.47. The van der Waals surface area contributed by atoms with Crippen molar-refractivity contribution in [3.05, 3.63) is 40.2 Å². The molecule has 1 aliphatic carbocycles. The summed E-state index contributed by atoms with van der Waals surface area (Å²) in [6.45, 7) is 17.5. The summed E-state index contributed by atoms with van der Waals surface area (Å²) in [6.07, 6.45) is -4.55. The predicted molar refractivity (Wildman–Crippen MR) is 206 cm³/mol. The van der Waals surface area contributed by atoms with Crippen molar-refractivity contribution in [2.75, 3.05) is 45.0 Å². The normalized spacial score (nSPS) is 23.0. The highest BCUT2D eigenvalue weighted by molar-refractivity contribution is 6.76. The molecule has 2 saturated heterocycles. The summed E-state index contributed by atoms with van der Waals surface area (Å²) in [5.74, 6) is 0.0595. The monoisotopic (exact) mass is 832 g/mol. The molecular formula is C37H53ClF4N4O7Si2. The number of pyridine rings is 1. The molecule has 18 heteroatoms. The SMILES string of the molecule is CC(C)(C)[Si](C)(C)OC1CO[C@H]2[C@@H]1OC[C@H]2Oc1nc2cc(Cl)c(NC3CCc4cc(OCCOCC(F)(F)F)cc(F)c43)nc2n1COCC[Si](C)(C)C. The van der Waals surface area contributed by atoms with Gasteiger partial charge >= 0.3 is 12.2 Å². The van der Waals surface area contributed by atoms with Crippen LogP contribution in [0.25, 0.3) is 11.2 Å². The molecule has 6 rings (SSSR count). The molecule has 0 amide bonds. The molecule has 2 fully saturated rings. The van der Waals surface area contributed by atoms with Crippen LogP contribution in [0.4, 0.5) is 23.4 Å². The Hall–Kier alpha value is -2.52. The van der Waals surface area contributed by atoms with E-state index in [9.17, 15) is 13.2 Å². The van der Waals surface area contributed by atoms with Crippen LogP contribution in [0.2, 0.25) is 48.8 Å². The molecule has 1 N–H and O–H groups in total. The highest BCUT2D eigenvalue weighted by Crippen LogP contribution is 2.42. The van der Waals surface area contributed by atoms with Crippen LogP contribution in [-0.2, 0) is 36.5 Å². The van der Waals surface area contributed by atoms with Gasteiger partial charge in [-0.3, -0.25) is 4.57 Å². The third kappa shape index (κ3) is 10.1. The molecule has 55 heavy (non-hydrogen) atoms. The van der Waals surface area contributed by atoms with Crippen LogP contribution in [0.1, 0.15) is 44.4 Å². The molecule has 1 aromatic carbocycles. The lowest BCUT2D eigenvalue weighted by Gasteiger charge is -2.39. The van der Waals surface area contributed by atoms with Gasteiger partial charge in [0, 0.05) is 26.3 Å². The number of anilines is 1. The second-order valence-corrected chi connectivity index (χ2v) is 28.0. The zero-order chi connectivity index (χ0) is 39.9. The summed E-state index contributed by atoms with van der Waals surface area (Å²) in [4.78, 5) is 9.68. The van der Waals surface area contributed by atoms with E-state index in [0.29, 0.717) is 66.2 Å². The summed E-state index contributed by atoms with van der Waals surface area (Å²) >= 11 is 6.78. The third-order valence-corrected chi connectivity index (χ3v) is 17.1. The summed E-state index contributed by atoms with van der Waals surface area (Å²) in [5.41, 5.74) is 2.15. The van der Waals surface area contributed by atoms with Crippen molar-refractivity contribution in [2.24, 2.45) is 0 Å². The Bertz CT molecular complexity index is 1820. The number of fused-ring (bicyclic) bond motifs is 3. The van der Waals surface area contributed by atoms with Crippen LogP contribution >= 0.6 is 11.6 Å². The number of nitrogens with one attached hydrogen (secondary N) is 1. The number of aryl methyl sites for hydroxylation is 1. The maximum absolute atomic E-state index is 15.5. The molecule has 0 saturated carbocycles. The van der Waals surface area contributed by atoms with Crippen molar-refractivity contribution in [2.45, 2.75) is 121 Å². The fourth-order valence-corrected chi connectivity index (χ4v) is 8.92. The topological polar surface area (TPSA) is 107 Å². The van der Waals surface area contributed by atoms with Crippen LogP contribution < -0.4 is 14.8 Å². The lowest BCUT2D eigenvalue weighted by atomic mass is 10.1. The standard InChI is InChI=1S/C37H53ClF4N4O7Si2/c1-36(2,3)55(7,8)53-29-19-51-31-28(18-50-32(29)31)52-35-44-27-17-24(38)33(45-34(27)46(35)21-48-13-14-54(4,5)6)43-26-10-9-22-15-23(16-25(39)30(22)26)49-12-11-47-20-37(40,41)42/h15-17,26,28-29,31-32H,9-14,18-21H2,1-8H3,(H,43,45)/t26?,28-,29?,31-,32-/m1/s1. The number of hydrogen-bond donors (Lipinski definition) is 1. The Balaban J connectivity index is 1.19. The van der Waals surface area contributed by atoms with E-state index >= 15 is 4.39 Å². The van der Waals surface area contributed by atoms with Crippen LogP contribution in [0.15, 0.2) is 18.2 Å². The molecule has 0 radical (unpaired) electrons. The van der Waals surface area contributed by atoms with E-state index < -0.39 is 47.1 Å². The highest BCUT2D eigenvalue weighted by Gasteiger charge is 2.52. The number of imidazole rings is 1. The highest BCUT2D eigenvalue weighted by atomic mass is 35.5. The second kappa shape index (κ2) is 16.4. The Labute approximate surface area is 326 Å². The number of hydrogen-bond acceptors (Lipinski definition) is 10. The smallest absolute Gasteiger partial charge is 0.411 e. The van der Waals surface area contributed by atoms with E-state index in [4.69, 9.17) is 49.7 Å². The number of ether oxygens (including phenoxy) is 6. The summed E-state index contributed by atoms with van der Waals surface area (Å²) in [7, 11) is -3.43. The van der Waals surface area contributed by atoms with Crippen molar-refractivity contribution in [1.29, 1.82) is 0 Å². The van der Waals surface area contributed by atoms with Gasteiger partial charge in [-0.15, -0.1) is 0 Å². The lowest BCUT2D eigenvalue weighted by molar-refractivity contribution is -0.175. The zero-order valence-corrected chi connectivity index (χ0v) is 35.5. The Morgan fingerprint density at radius 3 is 2.35 bits per heavy atom. The van der Waals surface area contributed by atoms with E-state index in [-0.39, 0.29) is 49.0 Å². The van der Waals surface area contributed by atoms with Crippen molar-refractivity contribution in [3.63, 3.8) is 0 Å². The van der Waals surface area contributed by atoms with Crippen molar-refractivity contribution in [1.82, 2.24) is 14.5 Å². The summed E-state index contributed by atoms with van der Waals surface area (Å²) in [6, 6.07) is 5.44. The maximum Gasteiger partial charge on any atom is 0.411 e. The first-order valence-electron chi connectivity index (χ1n) is 18.8. The number of nitrogens with zero attached hydrogens (tertiary/aromatic N) is 3. The van der Waals surface area contributed by atoms with E-state index in [1.165, 1.54) is 6.07 Å². The van der Waals surface area contributed by atoms with Gasteiger partial charge in [0.2, 0.25) is 0 Å². The van der Waals surface area contributed by atoms with Crippen LogP contribution in [0.5, 0.6) is 11.8 Å². The van der Waals surface area contributed by atoms with E-state index in [1.807, 2.05) is 0 Å².